The molecule has 24 heavy (non-hydrogen) atoms. The summed E-state index contributed by atoms with van der Waals surface area (Å²) < 4.78 is 5.83. The zero-order chi connectivity index (χ0) is 17.2. The number of piperidine rings is 1. The molecule has 0 aromatic heterocycles. The summed E-state index contributed by atoms with van der Waals surface area (Å²) >= 11 is 0. The van der Waals surface area contributed by atoms with Gasteiger partial charge in [-0.2, -0.15) is 0 Å². The molecule has 1 aromatic rings. The van der Waals surface area contributed by atoms with E-state index in [2.05, 4.69) is 5.32 Å². The highest BCUT2D eigenvalue weighted by atomic mass is 16.5. The van der Waals surface area contributed by atoms with Crippen molar-refractivity contribution in [1.82, 2.24) is 10.2 Å². The van der Waals surface area contributed by atoms with Crippen LogP contribution in [-0.4, -0.2) is 53.7 Å². The monoisotopic (exact) mass is 332 g/mol. The van der Waals surface area contributed by atoms with Gasteiger partial charge in [0.1, 0.15) is 5.75 Å². The molecule has 2 aliphatic rings. The van der Waals surface area contributed by atoms with Crippen LogP contribution < -0.4 is 10.1 Å². The van der Waals surface area contributed by atoms with Crippen LogP contribution >= 0.6 is 0 Å². The number of amides is 2. The van der Waals surface area contributed by atoms with Gasteiger partial charge in [-0.15, -0.1) is 0 Å². The first-order valence-electron chi connectivity index (χ1n) is 8.49. The largest absolute Gasteiger partial charge is 0.490 e. The molecule has 1 aliphatic carbocycles. The van der Waals surface area contributed by atoms with Crippen molar-refractivity contribution in [2.45, 2.75) is 43.8 Å². The molecule has 2 amide bonds. The molecule has 6 heteroatoms. The molecule has 6 nitrogen and oxygen atoms in total. The summed E-state index contributed by atoms with van der Waals surface area (Å²) in [5, 5.41) is 13.2. The Balaban J connectivity index is 1.73. The summed E-state index contributed by atoms with van der Waals surface area (Å²) in [5.41, 5.74) is -0.645. The summed E-state index contributed by atoms with van der Waals surface area (Å²) in [6.45, 7) is 0.740. The Bertz CT molecular complexity index is 629. The van der Waals surface area contributed by atoms with Gasteiger partial charge in [0.05, 0.1) is 30.2 Å². The number of para-hydroxylation sites is 1. The fraction of sp³-hybridized carbons (Fsp3) is 0.556. The number of carbonyl (C=O) groups is 2. The quantitative estimate of drug-likeness (QED) is 0.853. The molecule has 0 bridgehead atoms. The van der Waals surface area contributed by atoms with Crippen LogP contribution in [0.3, 0.4) is 0 Å². The summed E-state index contributed by atoms with van der Waals surface area (Å²) in [6, 6.07) is 7.24. The predicted octanol–water partition coefficient (Wildman–Crippen LogP) is 1.33. The minimum Gasteiger partial charge on any atom is -0.490 e. The van der Waals surface area contributed by atoms with Crippen LogP contribution in [0.15, 0.2) is 24.3 Å². The van der Waals surface area contributed by atoms with E-state index < -0.39 is 5.60 Å². The minimum atomic E-state index is -1.17. The van der Waals surface area contributed by atoms with Crippen LogP contribution in [0, 0.1) is 0 Å². The van der Waals surface area contributed by atoms with Gasteiger partial charge in [-0.25, -0.2) is 0 Å². The highest BCUT2D eigenvalue weighted by Gasteiger charge is 2.37. The van der Waals surface area contributed by atoms with E-state index in [9.17, 15) is 14.7 Å². The van der Waals surface area contributed by atoms with Crippen LogP contribution in [0.1, 0.15) is 42.5 Å². The zero-order valence-electron chi connectivity index (χ0n) is 14.0. The standard InChI is InChI=1S/C18H24N2O4/c1-19-16(21)11-18(23)9-4-10-20(12-18)17(22)14-5-2-3-6-15(14)24-13-7-8-13/h2-3,5-6,13,23H,4,7-12H2,1H3,(H,19,21). The van der Waals surface area contributed by atoms with Crippen LogP contribution in [0.5, 0.6) is 5.75 Å². The van der Waals surface area contributed by atoms with Crippen molar-refractivity contribution in [3.05, 3.63) is 29.8 Å². The summed E-state index contributed by atoms with van der Waals surface area (Å²) in [4.78, 5) is 26.1. The number of hydrogen-bond donors (Lipinski definition) is 2. The zero-order valence-corrected chi connectivity index (χ0v) is 14.0. The molecule has 1 heterocycles. The van der Waals surface area contributed by atoms with Crippen molar-refractivity contribution in [3.8, 4) is 5.75 Å². The lowest BCUT2D eigenvalue weighted by Gasteiger charge is -2.39. The highest BCUT2D eigenvalue weighted by molar-refractivity contribution is 5.97. The Kier molecular flexibility index (Phi) is 4.76. The Labute approximate surface area is 141 Å². The Morgan fingerprint density at radius 3 is 2.83 bits per heavy atom. The van der Waals surface area contributed by atoms with Gasteiger partial charge >= 0.3 is 0 Å². The molecule has 1 aliphatic heterocycles. The summed E-state index contributed by atoms with van der Waals surface area (Å²) in [5.74, 6) is 0.232. The van der Waals surface area contributed by atoms with Gasteiger partial charge in [0, 0.05) is 13.6 Å². The maximum atomic E-state index is 12.9. The molecule has 0 spiro atoms. The molecule has 2 fully saturated rings. The van der Waals surface area contributed by atoms with E-state index in [1.165, 1.54) is 0 Å². The third kappa shape index (κ3) is 3.87. The van der Waals surface area contributed by atoms with Gasteiger partial charge in [0.15, 0.2) is 0 Å². The molecule has 1 atom stereocenters. The first-order chi connectivity index (χ1) is 11.5. The average molecular weight is 332 g/mol. The van der Waals surface area contributed by atoms with Gasteiger partial charge in [0.2, 0.25) is 5.91 Å². The van der Waals surface area contributed by atoms with Gasteiger partial charge in [-0.1, -0.05) is 12.1 Å². The Morgan fingerprint density at radius 1 is 1.38 bits per heavy atom. The van der Waals surface area contributed by atoms with Crippen molar-refractivity contribution in [2.75, 3.05) is 20.1 Å². The number of nitrogens with zero attached hydrogens (tertiary/aromatic N) is 1. The van der Waals surface area contributed by atoms with Gasteiger partial charge in [-0.05, 0) is 37.8 Å². The van der Waals surface area contributed by atoms with Crippen molar-refractivity contribution in [3.63, 3.8) is 0 Å². The van der Waals surface area contributed by atoms with Crippen LogP contribution in [0.25, 0.3) is 0 Å². The topological polar surface area (TPSA) is 78.9 Å². The smallest absolute Gasteiger partial charge is 0.257 e. The maximum absolute atomic E-state index is 12.9. The van der Waals surface area contributed by atoms with Crippen LogP contribution in [-0.2, 0) is 4.79 Å². The number of rotatable bonds is 5. The van der Waals surface area contributed by atoms with Crippen molar-refractivity contribution >= 4 is 11.8 Å². The molecular formula is C18H24N2O4. The number of ether oxygens (including phenoxy) is 1. The molecule has 1 aromatic carbocycles. The Morgan fingerprint density at radius 2 is 2.12 bits per heavy atom. The van der Waals surface area contributed by atoms with Gasteiger partial charge in [-0.3, -0.25) is 9.59 Å². The maximum Gasteiger partial charge on any atom is 0.257 e. The lowest BCUT2D eigenvalue weighted by molar-refractivity contribution is -0.127. The first kappa shape index (κ1) is 16.8. The fourth-order valence-corrected chi connectivity index (χ4v) is 3.10. The van der Waals surface area contributed by atoms with Crippen molar-refractivity contribution in [2.24, 2.45) is 0 Å². The van der Waals surface area contributed by atoms with E-state index in [1.54, 1.807) is 18.0 Å². The fourth-order valence-electron chi connectivity index (χ4n) is 3.10. The predicted molar refractivity (Wildman–Crippen MR) is 88.9 cm³/mol. The third-order valence-electron chi connectivity index (χ3n) is 4.55. The van der Waals surface area contributed by atoms with Gasteiger partial charge < -0.3 is 20.1 Å². The van der Waals surface area contributed by atoms with Crippen LogP contribution in [0.2, 0.25) is 0 Å². The average Bonchev–Trinajstić information content (AvgIpc) is 3.38. The number of benzene rings is 1. The molecule has 3 rings (SSSR count). The molecule has 2 N–H and O–H groups in total. The lowest BCUT2D eigenvalue weighted by Crippen LogP contribution is -2.52. The molecule has 1 saturated carbocycles. The molecular weight excluding hydrogens is 308 g/mol. The van der Waals surface area contributed by atoms with Gasteiger partial charge in [0.25, 0.3) is 5.91 Å². The highest BCUT2D eigenvalue weighted by Crippen LogP contribution is 2.31. The first-order valence-corrected chi connectivity index (χ1v) is 8.49. The number of aliphatic hydroxyl groups is 1. The van der Waals surface area contributed by atoms with E-state index in [0.717, 1.165) is 12.8 Å². The number of hydrogen-bond acceptors (Lipinski definition) is 4. The molecule has 1 saturated heterocycles. The van der Waals surface area contributed by atoms with E-state index >= 15 is 0 Å². The second-order valence-electron chi connectivity index (χ2n) is 6.72. The summed E-state index contributed by atoms with van der Waals surface area (Å²) in [6.07, 6.45) is 3.46. The third-order valence-corrected chi connectivity index (χ3v) is 4.55. The van der Waals surface area contributed by atoms with Crippen LogP contribution in [0.4, 0.5) is 0 Å². The normalized spacial score (nSPS) is 23.7. The number of β-amino-alcohol motifs (C(OH)–C–C–N with tert-alkyl or cyclic N) is 1. The minimum absolute atomic E-state index is 0.00744. The Hall–Kier alpha value is -2.08. The number of nitrogens with one attached hydrogen (secondary N) is 1. The summed E-state index contributed by atoms with van der Waals surface area (Å²) in [7, 11) is 1.54. The number of carbonyl (C=O) groups excluding carboxylic acids is 2. The van der Waals surface area contributed by atoms with E-state index in [1.807, 2.05) is 18.2 Å². The van der Waals surface area contributed by atoms with E-state index in [-0.39, 0.29) is 30.9 Å². The second-order valence-corrected chi connectivity index (χ2v) is 6.72. The van der Waals surface area contributed by atoms with Crippen molar-refractivity contribution < 1.29 is 19.4 Å². The SMILES string of the molecule is CNC(=O)CC1(O)CCCN(C(=O)c2ccccc2OC2CC2)C1. The van der Waals surface area contributed by atoms with E-state index in [4.69, 9.17) is 4.74 Å². The van der Waals surface area contributed by atoms with E-state index in [0.29, 0.717) is 30.7 Å². The molecule has 1 unspecified atom stereocenters. The number of likely N-dealkylation sites (tertiary alicyclic amines) is 1. The lowest BCUT2D eigenvalue weighted by atomic mass is 9.89. The molecule has 130 valence electrons. The van der Waals surface area contributed by atoms with Crippen molar-refractivity contribution in [1.29, 1.82) is 0 Å². The molecule has 0 radical (unpaired) electrons. The second kappa shape index (κ2) is 6.81.